The first-order valence-corrected chi connectivity index (χ1v) is 11.6. The van der Waals surface area contributed by atoms with Crippen LogP contribution in [0.2, 0.25) is 5.02 Å². The van der Waals surface area contributed by atoms with Crippen molar-refractivity contribution in [2.24, 2.45) is 0 Å². The summed E-state index contributed by atoms with van der Waals surface area (Å²) in [5, 5.41) is 32.1. The van der Waals surface area contributed by atoms with Gasteiger partial charge >= 0.3 is 6.55 Å². The molecule has 0 radical (unpaired) electrons. The molecule has 0 fully saturated rings. The Kier molecular flexibility index (Phi) is 7.07. The number of halogens is 4. The summed E-state index contributed by atoms with van der Waals surface area (Å²) >= 11 is 6.03. The van der Waals surface area contributed by atoms with Crippen molar-refractivity contribution in [1.82, 2.24) is 39.8 Å². The standard InChI is InChI=1S/C23H19ClF3N9O2/c1-38-7-6-18(33-10-15(8-29-33)16-9-30-34(11-16)23(26)27)19-4-2-14(12-36(19)37)21-20(35-13-28-31-32-35)5-3-17(24)22(21)25/h2-5,8-13,18,23H,6-7H2,1H3/t18-/m1/s1. The van der Waals surface area contributed by atoms with Crippen molar-refractivity contribution in [3.8, 4) is 27.9 Å². The second-order valence-corrected chi connectivity index (χ2v) is 8.58. The molecule has 0 saturated carbocycles. The lowest BCUT2D eigenvalue weighted by Gasteiger charge is -2.18. The third-order valence-electron chi connectivity index (χ3n) is 5.89. The van der Waals surface area contributed by atoms with Crippen LogP contribution in [0, 0.1) is 11.0 Å². The summed E-state index contributed by atoms with van der Waals surface area (Å²) in [6.07, 6.45) is 8.55. The molecule has 11 nitrogen and oxygen atoms in total. The minimum absolute atomic E-state index is 0.0480. The molecule has 196 valence electrons. The lowest BCUT2D eigenvalue weighted by molar-refractivity contribution is -0.615. The summed E-state index contributed by atoms with van der Waals surface area (Å²) in [5.41, 5.74) is 1.88. The van der Waals surface area contributed by atoms with E-state index >= 15 is 4.39 Å². The number of alkyl halides is 2. The Bertz CT molecular complexity index is 1560. The van der Waals surface area contributed by atoms with E-state index in [1.807, 2.05) is 0 Å². The summed E-state index contributed by atoms with van der Waals surface area (Å²) in [5.74, 6) is -0.732. The molecule has 5 rings (SSSR count). The number of tetrazole rings is 1. The Hall–Kier alpha value is -4.30. The van der Waals surface area contributed by atoms with Crippen molar-refractivity contribution in [3.63, 3.8) is 0 Å². The van der Waals surface area contributed by atoms with Crippen molar-refractivity contribution < 1.29 is 22.6 Å². The Balaban J connectivity index is 1.53. The van der Waals surface area contributed by atoms with Crippen LogP contribution in [0.25, 0.3) is 27.9 Å². The van der Waals surface area contributed by atoms with E-state index in [4.69, 9.17) is 16.3 Å². The fourth-order valence-corrected chi connectivity index (χ4v) is 4.23. The fraction of sp³-hybridized carbons (Fsp3) is 0.217. The Morgan fingerprint density at radius 2 is 1.79 bits per heavy atom. The topological polar surface area (TPSA) is 115 Å². The van der Waals surface area contributed by atoms with Crippen LogP contribution in [0.3, 0.4) is 0 Å². The summed E-state index contributed by atoms with van der Waals surface area (Å²) in [4.78, 5) is 0. The van der Waals surface area contributed by atoms with Crippen molar-refractivity contribution >= 4 is 11.6 Å². The SMILES string of the molecule is COCC[C@H](c1ccc(-c2c(-n3cnnn3)ccc(Cl)c2F)c[n+]1[O-])n1cc(-c2cnn(C(F)F)c2)cn1. The maximum absolute atomic E-state index is 15.2. The normalized spacial score (nSPS) is 12.4. The van der Waals surface area contributed by atoms with Gasteiger partial charge in [0.05, 0.1) is 34.2 Å². The summed E-state index contributed by atoms with van der Waals surface area (Å²) in [6, 6.07) is 5.48. The zero-order chi connectivity index (χ0) is 26.8. The molecule has 0 spiro atoms. The highest BCUT2D eigenvalue weighted by Gasteiger charge is 2.26. The van der Waals surface area contributed by atoms with Crippen molar-refractivity contribution in [3.05, 3.63) is 83.3 Å². The Labute approximate surface area is 218 Å². The predicted octanol–water partition coefficient (Wildman–Crippen LogP) is 3.84. The number of benzene rings is 1. The van der Waals surface area contributed by atoms with E-state index in [2.05, 4.69) is 25.7 Å². The average Bonchev–Trinajstić information content (AvgIpc) is 3.68. The van der Waals surface area contributed by atoms with E-state index in [0.717, 1.165) is 0 Å². The Morgan fingerprint density at radius 3 is 2.42 bits per heavy atom. The van der Waals surface area contributed by atoms with Gasteiger partial charge in [0.15, 0.2) is 12.0 Å². The molecule has 1 atom stereocenters. The predicted molar refractivity (Wildman–Crippen MR) is 128 cm³/mol. The van der Waals surface area contributed by atoms with Gasteiger partial charge in [-0.15, -0.1) is 5.10 Å². The van der Waals surface area contributed by atoms with Crippen LogP contribution in [0.15, 0.2) is 61.6 Å². The minimum Gasteiger partial charge on any atom is -0.618 e. The highest BCUT2D eigenvalue weighted by atomic mass is 35.5. The van der Waals surface area contributed by atoms with E-state index in [1.54, 1.807) is 29.1 Å². The molecule has 15 heteroatoms. The lowest BCUT2D eigenvalue weighted by atomic mass is 10.0. The van der Waals surface area contributed by atoms with E-state index in [0.29, 0.717) is 44.9 Å². The summed E-state index contributed by atoms with van der Waals surface area (Å²) in [6.45, 7) is -2.46. The number of ether oxygens (including phenoxy) is 1. The molecule has 0 unspecified atom stereocenters. The summed E-state index contributed by atoms with van der Waals surface area (Å²) < 4.78 is 50.2. The average molecular weight is 546 g/mol. The second kappa shape index (κ2) is 10.6. The molecule has 4 aromatic heterocycles. The first-order chi connectivity index (χ1) is 18.4. The van der Waals surface area contributed by atoms with Crippen LogP contribution in [-0.4, -0.2) is 53.5 Å². The number of hydrogen-bond acceptors (Lipinski definition) is 7. The highest BCUT2D eigenvalue weighted by Crippen LogP contribution is 2.33. The van der Waals surface area contributed by atoms with Gasteiger partial charge in [-0.3, -0.25) is 4.68 Å². The highest BCUT2D eigenvalue weighted by molar-refractivity contribution is 6.31. The largest absolute Gasteiger partial charge is 0.618 e. The smallest absolute Gasteiger partial charge is 0.333 e. The second-order valence-electron chi connectivity index (χ2n) is 8.17. The molecule has 0 aliphatic carbocycles. The minimum atomic E-state index is -2.77. The van der Waals surface area contributed by atoms with E-state index in [9.17, 15) is 14.0 Å². The number of methoxy groups -OCH3 is 1. The monoisotopic (exact) mass is 545 g/mol. The van der Waals surface area contributed by atoms with Crippen molar-refractivity contribution in [1.29, 1.82) is 0 Å². The number of nitrogens with zero attached hydrogens (tertiary/aromatic N) is 9. The van der Waals surface area contributed by atoms with Crippen LogP contribution < -0.4 is 4.73 Å². The van der Waals surface area contributed by atoms with Crippen LogP contribution in [0.5, 0.6) is 0 Å². The Morgan fingerprint density at radius 1 is 1.05 bits per heavy atom. The number of aromatic nitrogens is 9. The van der Waals surface area contributed by atoms with Crippen LogP contribution in [-0.2, 0) is 4.74 Å². The van der Waals surface area contributed by atoms with Crippen molar-refractivity contribution in [2.45, 2.75) is 19.0 Å². The molecular weight excluding hydrogens is 527 g/mol. The van der Waals surface area contributed by atoms with Gasteiger partial charge in [-0.25, -0.2) is 9.07 Å². The zero-order valence-electron chi connectivity index (χ0n) is 19.7. The van der Waals surface area contributed by atoms with Gasteiger partial charge in [0.25, 0.3) is 0 Å². The number of hydrogen-bond donors (Lipinski definition) is 0. The number of rotatable bonds is 9. The molecule has 0 amide bonds. The maximum atomic E-state index is 15.2. The first-order valence-electron chi connectivity index (χ1n) is 11.2. The molecule has 5 aromatic rings. The maximum Gasteiger partial charge on any atom is 0.333 e. The molecular formula is C23H19ClF3N9O2. The molecule has 38 heavy (non-hydrogen) atoms. The van der Waals surface area contributed by atoms with Crippen LogP contribution in [0.1, 0.15) is 24.7 Å². The molecule has 0 aliphatic rings. The number of pyridine rings is 1. The van der Waals surface area contributed by atoms with Gasteiger partial charge in [-0.1, -0.05) is 11.6 Å². The molecule has 0 N–H and O–H groups in total. The van der Waals surface area contributed by atoms with Gasteiger partial charge in [0, 0.05) is 49.7 Å². The third-order valence-corrected chi connectivity index (χ3v) is 6.19. The van der Waals surface area contributed by atoms with E-state index in [-0.39, 0.29) is 16.1 Å². The lowest BCUT2D eigenvalue weighted by Crippen LogP contribution is -2.36. The van der Waals surface area contributed by atoms with Gasteiger partial charge in [0.1, 0.15) is 12.4 Å². The van der Waals surface area contributed by atoms with Gasteiger partial charge < -0.3 is 9.94 Å². The molecule has 1 aromatic carbocycles. The van der Waals surface area contributed by atoms with Crippen LogP contribution >= 0.6 is 11.6 Å². The summed E-state index contributed by atoms with van der Waals surface area (Å²) in [7, 11) is 1.53. The van der Waals surface area contributed by atoms with Gasteiger partial charge in [-0.2, -0.15) is 28.4 Å². The molecule has 0 aliphatic heterocycles. The van der Waals surface area contributed by atoms with Crippen LogP contribution in [0.4, 0.5) is 13.2 Å². The van der Waals surface area contributed by atoms with E-state index < -0.39 is 18.4 Å². The molecule has 4 heterocycles. The first kappa shape index (κ1) is 25.4. The molecule has 0 bridgehead atoms. The fourth-order valence-electron chi connectivity index (χ4n) is 4.07. The van der Waals surface area contributed by atoms with E-state index in [1.165, 1.54) is 49.0 Å². The quantitative estimate of drug-likeness (QED) is 0.204. The van der Waals surface area contributed by atoms with Crippen molar-refractivity contribution in [2.75, 3.05) is 13.7 Å². The van der Waals surface area contributed by atoms with Gasteiger partial charge in [-0.05, 0) is 28.6 Å². The molecule has 0 saturated heterocycles. The third kappa shape index (κ3) is 4.82. The zero-order valence-corrected chi connectivity index (χ0v) is 20.5. The van der Waals surface area contributed by atoms with Gasteiger partial charge in [0.2, 0.25) is 5.69 Å².